The van der Waals surface area contributed by atoms with Crippen molar-refractivity contribution >= 4 is 17.9 Å². The second-order valence-electron chi connectivity index (χ2n) is 5.76. The van der Waals surface area contributed by atoms with Gasteiger partial charge in [0.15, 0.2) is 11.5 Å². The van der Waals surface area contributed by atoms with Crippen molar-refractivity contribution in [3.63, 3.8) is 0 Å². The number of nitrogens with zero attached hydrogens (tertiary/aromatic N) is 1. The molecular formula is C21H14FNO4. The summed E-state index contributed by atoms with van der Waals surface area (Å²) in [5, 5.41) is 0. The minimum absolute atomic E-state index is 0.135. The van der Waals surface area contributed by atoms with E-state index in [1.165, 1.54) is 12.3 Å². The third-order valence-electron chi connectivity index (χ3n) is 3.89. The number of carbonyl (C=O) groups is 1. The summed E-state index contributed by atoms with van der Waals surface area (Å²) in [6.07, 6.45) is 3.09. The van der Waals surface area contributed by atoms with Crippen LogP contribution in [0.1, 0.15) is 16.9 Å². The fraction of sp³-hybridized carbons (Fsp3) is 0.0476. The molecule has 0 radical (unpaired) electrons. The van der Waals surface area contributed by atoms with Crippen molar-refractivity contribution in [1.29, 1.82) is 0 Å². The van der Waals surface area contributed by atoms with Crippen molar-refractivity contribution < 1.29 is 23.1 Å². The maximum atomic E-state index is 13.6. The molecular weight excluding hydrogens is 349 g/mol. The highest BCUT2D eigenvalue weighted by Gasteiger charge is 2.25. The number of rotatable bonds is 5. The van der Waals surface area contributed by atoms with E-state index in [1.54, 1.807) is 60.7 Å². The molecule has 1 aliphatic rings. The van der Waals surface area contributed by atoms with Crippen LogP contribution in [0.4, 0.5) is 4.39 Å². The van der Waals surface area contributed by atoms with Crippen molar-refractivity contribution in [2.45, 2.75) is 6.61 Å². The average Bonchev–Trinajstić information content (AvgIpc) is 3.33. The SMILES string of the molecule is O=C1OC(c2ccco2)=N/C1=C\c1ccc(OCc2ccccc2F)cc1. The smallest absolute Gasteiger partial charge is 0.363 e. The number of hydrogen-bond donors (Lipinski definition) is 0. The lowest BCUT2D eigenvalue weighted by atomic mass is 10.2. The van der Waals surface area contributed by atoms with E-state index in [2.05, 4.69) is 4.99 Å². The van der Waals surface area contributed by atoms with Gasteiger partial charge in [0.05, 0.1) is 6.26 Å². The first kappa shape index (κ1) is 16.8. The molecule has 0 atom stereocenters. The molecule has 1 aliphatic heterocycles. The first-order chi connectivity index (χ1) is 13.2. The van der Waals surface area contributed by atoms with Gasteiger partial charge >= 0.3 is 5.97 Å². The Hall–Kier alpha value is -3.67. The third-order valence-corrected chi connectivity index (χ3v) is 3.89. The standard InChI is InChI=1S/C21H14FNO4/c22-17-5-2-1-4-15(17)13-26-16-9-7-14(8-10-16)12-18-21(24)27-20(23-18)19-6-3-11-25-19/h1-12H,13H2/b18-12-. The van der Waals surface area contributed by atoms with E-state index < -0.39 is 5.97 Å². The van der Waals surface area contributed by atoms with Gasteiger partial charge in [-0.15, -0.1) is 0 Å². The van der Waals surface area contributed by atoms with Crippen LogP contribution in [-0.4, -0.2) is 11.9 Å². The quantitative estimate of drug-likeness (QED) is 0.500. The lowest BCUT2D eigenvalue weighted by Crippen LogP contribution is -2.04. The number of halogens is 1. The van der Waals surface area contributed by atoms with Crippen molar-refractivity contribution in [3.05, 3.63) is 95.3 Å². The molecule has 0 fully saturated rings. The Labute approximate surface area is 154 Å². The summed E-state index contributed by atoms with van der Waals surface area (Å²) >= 11 is 0. The molecule has 0 N–H and O–H groups in total. The molecule has 134 valence electrons. The zero-order valence-electron chi connectivity index (χ0n) is 14.1. The molecule has 0 spiro atoms. The van der Waals surface area contributed by atoms with Gasteiger partial charge in [0, 0.05) is 5.56 Å². The molecule has 1 aromatic heterocycles. The Kier molecular flexibility index (Phi) is 4.53. The third kappa shape index (κ3) is 3.79. The molecule has 27 heavy (non-hydrogen) atoms. The average molecular weight is 363 g/mol. The Balaban J connectivity index is 1.45. The van der Waals surface area contributed by atoms with Crippen LogP contribution < -0.4 is 4.74 Å². The number of hydrogen-bond acceptors (Lipinski definition) is 5. The highest BCUT2D eigenvalue weighted by Crippen LogP contribution is 2.21. The number of carbonyl (C=O) groups excluding carboxylic acids is 1. The van der Waals surface area contributed by atoms with Crippen molar-refractivity contribution in [2.75, 3.05) is 0 Å². The molecule has 0 saturated heterocycles. The van der Waals surface area contributed by atoms with E-state index in [-0.39, 0.29) is 24.0 Å². The molecule has 0 aliphatic carbocycles. The van der Waals surface area contributed by atoms with Crippen LogP contribution in [0.5, 0.6) is 5.75 Å². The van der Waals surface area contributed by atoms with Crippen molar-refractivity contribution in [2.24, 2.45) is 4.99 Å². The van der Waals surface area contributed by atoms with Gasteiger partial charge in [-0.1, -0.05) is 30.3 Å². The summed E-state index contributed by atoms with van der Waals surface area (Å²) in [5.74, 6) is 0.281. The Morgan fingerprint density at radius 2 is 1.85 bits per heavy atom. The number of esters is 1. The molecule has 4 rings (SSSR count). The maximum Gasteiger partial charge on any atom is 0.363 e. The van der Waals surface area contributed by atoms with Crippen LogP contribution in [0, 0.1) is 5.82 Å². The molecule has 6 heteroatoms. The molecule has 5 nitrogen and oxygen atoms in total. The van der Waals surface area contributed by atoms with Crippen LogP contribution in [0.2, 0.25) is 0 Å². The number of ether oxygens (including phenoxy) is 2. The van der Waals surface area contributed by atoms with Crippen LogP contribution in [-0.2, 0) is 16.1 Å². The Morgan fingerprint density at radius 1 is 1.04 bits per heavy atom. The second-order valence-corrected chi connectivity index (χ2v) is 5.76. The van der Waals surface area contributed by atoms with E-state index in [0.717, 1.165) is 5.56 Å². The van der Waals surface area contributed by atoms with Gasteiger partial charge in [-0.2, -0.15) is 0 Å². The number of furan rings is 1. The van der Waals surface area contributed by atoms with Gasteiger partial charge in [0.25, 0.3) is 5.90 Å². The largest absolute Gasteiger partial charge is 0.489 e. The van der Waals surface area contributed by atoms with Crippen molar-refractivity contribution in [3.8, 4) is 5.75 Å². The number of cyclic esters (lactones) is 1. The molecule has 2 aromatic carbocycles. The molecule has 0 unspecified atom stereocenters. The zero-order valence-corrected chi connectivity index (χ0v) is 14.1. The summed E-state index contributed by atoms with van der Waals surface area (Å²) in [4.78, 5) is 16.1. The van der Waals surface area contributed by atoms with Crippen LogP contribution in [0.3, 0.4) is 0 Å². The predicted molar refractivity (Wildman–Crippen MR) is 96.5 cm³/mol. The fourth-order valence-electron chi connectivity index (χ4n) is 2.51. The van der Waals surface area contributed by atoms with Gasteiger partial charge in [-0.05, 0) is 42.0 Å². The van der Waals surface area contributed by atoms with Gasteiger partial charge in [-0.3, -0.25) is 0 Å². The lowest BCUT2D eigenvalue weighted by Gasteiger charge is -2.07. The monoisotopic (exact) mass is 363 g/mol. The van der Waals surface area contributed by atoms with E-state index in [9.17, 15) is 9.18 Å². The van der Waals surface area contributed by atoms with Crippen LogP contribution in [0.15, 0.2) is 82.0 Å². The number of aliphatic imine (C=N–C) groups is 1. The molecule has 3 aromatic rings. The molecule has 0 saturated carbocycles. The second kappa shape index (κ2) is 7.29. The lowest BCUT2D eigenvalue weighted by molar-refractivity contribution is -0.130. The van der Waals surface area contributed by atoms with E-state index in [0.29, 0.717) is 17.1 Å². The minimum Gasteiger partial charge on any atom is -0.489 e. The zero-order chi connectivity index (χ0) is 18.6. The highest BCUT2D eigenvalue weighted by molar-refractivity contribution is 6.11. The summed E-state index contributed by atoms with van der Waals surface area (Å²) in [7, 11) is 0. The molecule has 0 amide bonds. The van der Waals surface area contributed by atoms with Crippen molar-refractivity contribution in [1.82, 2.24) is 0 Å². The van der Waals surface area contributed by atoms with Crippen LogP contribution >= 0.6 is 0 Å². The summed E-state index contributed by atoms with van der Waals surface area (Å²) in [6, 6.07) is 16.8. The van der Waals surface area contributed by atoms with Crippen LogP contribution in [0.25, 0.3) is 6.08 Å². The molecule has 0 bridgehead atoms. The topological polar surface area (TPSA) is 61.0 Å². The van der Waals surface area contributed by atoms with Gasteiger partial charge < -0.3 is 13.9 Å². The van der Waals surface area contributed by atoms with E-state index >= 15 is 0 Å². The van der Waals surface area contributed by atoms with Gasteiger partial charge in [0.2, 0.25) is 0 Å². The van der Waals surface area contributed by atoms with Gasteiger partial charge in [-0.25, -0.2) is 14.2 Å². The predicted octanol–water partition coefficient (Wildman–Crippen LogP) is 4.34. The minimum atomic E-state index is -0.540. The highest BCUT2D eigenvalue weighted by atomic mass is 19.1. The Bertz CT molecular complexity index is 1020. The normalized spacial score (nSPS) is 14.9. The Morgan fingerprint density at radius 3 is 2.59 bits per heavy atom. The van der Waals surface area contributed by atoms with E-state index in [4.69, 9.17) is 13.9 Å². The first-order valence-corrected chi connectivity index (χ1v) is 8.22. The van der Waals surface area contributed by atoms with E-state index in [1.807, 2.05) is 0 Å². The summed E-state index contributed by atoms with van der Waals surface area (Å²) in [6.45, 7) is 0.135. The van der Waals surface area contributed by atoms with Gasteiger partial charge in [0.1, 0.15) is 18.2 Å². The first-order valence-electron chi connectivity index (χ1n) is 8.22. The summed E-state index contributed by atoms with van der Waals surface area (Å²) in [5.41, 5.74) is 1.42. The summed E-state index contributed by atoms with van der Waals surface area (Å²) < 4.78 is 29.5. The fourth-order valence-corrected chi connectivity index (χ4v) is 2.51. The molecule has 2 heterocycles. The maximum absolute atomic E-state index is 13.6. The number of benzene rings is 2.